The van der Waals surface area contributed by atoms with Gasteiger partial charge in [-0.2, -0.15) is 0 Å². The number of imidazole rings is 1. The lowest BCUT2D eigenvalue weighted by atomic mass is 9.75. The topological polar surface area (TPSA) is 47.1 Å². The molecule has 4 heteroatoms. The first-order chi connectivity index (χ1) is 9.83. The molecule has 4 nitrogen and oxygen atoms in total. The van der Waals surface area contributed by atoms with Crippen LogP contribution in [0.1, 0.15) is 50.8 Å². The Morgan fingerprint density at radius 3 is 2.85 bits per heavy atom. The average molecular weight is 276 g/mol. The van der Waals surface area contributed by atoms with E-state index in [-0.39, 0.29) is 0 Å². The highest BCUT2D eigenvalue weighted by molar-refractivity contribution is 5.07. The summed E-state index contributed by atoms with van der Waals surface area (Å²) in [7, 11) is 0. The third kappa shape index (κ3) is 2.63. The van der Waals surface area contributed by atoms with Crippen LogP contribution in [0.2, 0.25) is 0 Å². The Morgan fingerprint density at radius 1 is 1.30 bits per heavy atom. The average Bonchev–Trinajstić information content (AvgIpc) is 2.96. The highest BCUT2D eigenvalue weighted by atomic mass is 15.2. The predicted molar refractivity (Wildman–Crippen MR) is 81.3 cm³/mol. The normalized spacial score (nSPS) is 29.1. The smallest absolute Gasteiger partial charge is 0.0948 e. The molecule has 2 N–H and O–H groups in total. The second-order valence-corrected chi connectivity index (χ2v) is 6.44. The highest BCUT2D eigenvalue weighted by Gasteiger charge is 2.34. The van der Waals surface area contributed by atoms with Crippen molar-refractivity contribution in [1.29, 1.82) is 0 Å². The van der Waals surface area contributed by atoms with Gasteiger partial charge in [0.1, 0.15) is 0 Å². The van der Waals surface area contributed by atoms with Crippen molar-refractivity contribution in [2.24, 2.45) is 17.6 Å². The Labute approximate surface area is 122 Å². The van der Waals surface area contributed by atoms with E-state index in [2.05, 4.69) is 21.4 Å². The van der Waals surface area contributed by atoms with Crippen LogP contribution in [0.25, 0.3) is 0 Å². The van der Waals surface area contributed by atoms with Crippen LogP contribution in [0.3, 0.4) is 0 Å². The summed E-state index contributed by atoms with van der Waals surface area (Å²) < 4.78 is 2.24. The van der Waals surface area contributed by atoms with E-state index in [0.29, 0.717) is 12.6 Å². The molecule has 1 aromatic heterocycles. The molecule has 2 fully saturated rings. The van der Waals surface area contributed by atoms with Crippen LogP contribution >= 0.6 is 0 Å². The number of aryl methyl sites for hydroxylation is 1. The summed E-state index contributed by atoms with van der Waals surface area (Å²) in [6.45, 7) is 6.29. The van der Waals surface area contributed by atoms with Crippen LogP contribution in [0.4, 0.5) is 0 Å². The number of nitrogens with two attached hydrogens (primary N) is 1. The largest absolute Gasteiger partial charge is 0.333 e. The number of hydrogen-bond donors (Lipinski definition) is 1. The van der Waals surface area contributed by atoms with Crippen molar-refractivity contribution in [3.8, 4) is 0 Å². The fourth-order valence-electron chi connectivity index (χ4n) is 4.24. The Bertz CT molecular complexity index is 428. The molecule has 2 aliphatic rings. The van der Waals surface area contributed by atoms with Gasteiger partial charge in [-0.25, -0.2) is 4.98 Å². The maximum Gasteiger partial charge on any atom is 0.0948 e. The van der Waals surface area contributed by atoms with Gasteiger partial charge in [-0.3, -0.25) is 4.90 Å². The zero-order valence-electron chi connectivity index (χ0n) is 12.7. The molecule has 1 saturated carbocycles. The molecule has 1 aromatic rings. The van der Waals surface area contributed by atoms with Crippen LogP contribution in [0.15, 0.2) is 12.5 Å². The number of fused-ring (bicyclic) bond motifs is 1. The minimum atomic E-state index is 0.348. The zero-order chi connectivity index (χ0) is 13.9. The van der Waals surface area contributed by atoms with Crippen molar-refractivity contribution >= 4 is 0 Å². The maximum absolute atomic E-state index is 6.10. The molecule has 0 amide bonds. The first-order valence-electron chi connectivity index (χ1n) is 8.27. The Kier molecular flexibility index (Phi) is 4.41. The molecular formula is C16H28N4. The van der Waals surface area contributed by atoms with Gasteiger partial charge in [-0.1, -0.05) is 19.3 Å². The third-order valence-electron chi connectivity index (χ3n) is 5.41. The Morgan fingerprint density at radius 2 is 2.10 bits per heavy atom. The van der Waals surface area contributed by atoms with E-state index in [1.807, 2.05) is 12.5 Å². The molecule has 3 rings (SSSR count). The van der Waals surface area contributed by atoms with E-state index in [4.69, 9.17) is 5.73 Å². The molecule has 0 bridgehead atoms. The summed E-state index contributed by atoms with van der Waals surface area (Å²) in [6, 6.07) is 0.348. The fourth-order valence-corrected chi connectivity index (χ4v) is 4.24. The lowest BCUT2D eigenvalue weighted by molar-refractivity contribution is 0.0563. The molecule has 112 valence electrons. The fraction of sp³-hybridized carbons (Fsp3) is 0.812. The number of rotatable bonds is 4. The van der Waals surface area contributed by atoms with Crippen LogP contribution in [-0.4, -0.2) is 34.1 Å². The highest BCUT2D eigenvalue weighted by Crippen LogP contribution is 2.38. The summed E-state index contributed by atoms with van der Waals surface area (Å²) >= 11 is 0. The zero-order valence-corrected chi connectivity index (χ0v) is 12.7. The number of piperidine rings is 1. The minimum Gasteiger partial charge on any atom is -0.333 e. The van der Waals surface area contributed by atoms with E-state index < -0.39 is 0 Å². The van der Waals surface area contributed by atoms with Gasteiger partial charge in [-0.05, 0) is 38.1 Å². The van der Waals surface area contributed by atoms with Crippen molar-refractivity contribution in [2.75, 3.05) is 19.6 Å². The molecule has 1 aliphatic carbocycles. The Balaban J connectivity index is 1.73. The predicted octanol–water partition coefficient (Wildman–Crippen LogP) is 2.41. The lowest BCUT2D eigenvalue weighted by Crippen LogP contribution is -2.45. The Hall–Kier alpha value is -0.870. The number of nitrogens with zero attached hydrogens (tertiary/aromatic N) is 3. The van der Waals surface area contributed by atoms with Gasteiger partial charge in [0.05, 0.1) is 18.1 Å². The molecule has 0 spiro atoms. The lowest BCUT2D eigenvalue weighted by Gasteiger charge is -2.44. The molecule has 3 atom stereocenters. The van der Waals surface area contributed by atoms with E-state index >= 15 is 0 Å². The van der Waals surface area contributed by atoms with E-state index in [0.717, 1.165) is 18.4 Å². The van der Waals surface area contributed by atoms with Gasteiger partial charge >= 0.3 is 0 Å². The maximum atomic E-state index is 6.10. The summed E-state index contributed by atoms with van der Waals surface area (Å²) in [5.74, 6) is 1.89. The molecular weight excluding hydrogens is 248 g/mol. The summed E-state index contributed by atoms with van der Waals surface area (Å²) in [6.07, 6.45) is 11.1. The minimum absolute atomic E-state index is 0.348. The standard InChI is InChI=1S/C16H28N4/c1-2-19-12-18-10-16(19)15(9-17)20-8-7-13-5-3-4-6-14(13)11-20/h10,12-15H,2-9,11,17H2,1H3. The molecule has 20 heavy (non-hydrogen) atoms. The van der Waals surface area contributed by atoms with Crippen LogP contribution in [0, 0.1) is 11.8 Å². The van der Waals surface area contributed by atoms with Crippen LogP contribution in [-0.2, 0) is 6.54 Å². The van der Waals surface area contributed by atoms with E-state index in [1.165, 1.54) is 50.9 Å². The summed E-state index contributed by atoms with van der Waals surface area (Å²) in [4.78, 5) is 6.94. The van der Waals surface area contributed by atoms with Crippen molar-refractivity contribution < 1.29 is 0 Å². The monoisotopic (exact) mass is 276 g/mol. The number of aromatic nitrogens is 2. The molecule has 0 aromatic carbocycles. The second kappa shape index (κ2) is 6.27. The SMILES string of the molecule is CCn1cncc1C(CN)N1CCC2CCCCC2C1. The van der Waals surface area contributed by atoms with Crippen molar-refractivity contribution in [3.05, 3.63) is 18.2 Å². The first-order valence-corrected chi connectivity index (χ1v) is 8.27. The third-order valence-corrected chi connectivity index (χ3v) is 5.41. The molecule has 1 aliphatic heterocycles. The molecule has 3 unspecified atom stereocenters. The van der Waals surface area contributed by atoms with Crippen LogP contribution in [0.5, 0.6) is 0 Å². The van der Waals surface area contributed by atoms with E-state index in [9.17, 15) is 0 Å². The van der Waals surface area contributed by atoms with E-state index in [1.54, 1.807) is 0 Å². The molecule has 0 radical (unpaired) electrons. The number of hydrogen-bond acceptors (Lipinski definition) is 3. The first kappa shape index (κ1) is 14.1. The summed E-state index contributed by atoms with van der Waals surface area (Å²) in [5.41, 5.74) is 7.40. The van der Waals surface area contributed by atoms with Crippen LogP contribution < -0.4 is 5.73 Å². The van der Waals surface area contributed by atoms with Gasteiger partial charge < -0.3 is 10.3 Å². The summed E-state index contributed by atoms with van der Waals surface area (Å²) in [5, 5.41) is 0. The van der Waals surface area contributed by atoms with Gasteiger partial charge in [0, 0.05) is 25.8 Å². The van der Waals surface area contributed by atoms with Gasteiger partial charge in [-0.15, -0.1) is 0 Å². The van der Waals surface area contributed by atoms with Gasteiger partial charge in [0.25, 0.3) is 0 Å². The quantitative estimate of drug-likeness (QED) is 0.918. The van der Waals surface area contributed by atoms with Crippen molar-refractivity contribution in [1.82, 2.24) is 14.5 Å². The van der Waals surface area contributed by atoms with Gasteiger partial charge in [0.15, 0.2) is 0 Å². The van der Waals surface area contributed by atoms with Crippen molar-refractivity contribution in [3.63, 3.8) is 0 Å². The molecule has 1 saturated heterocycles. The van der Waals surface area contributed by atoms with Gasteiger partial charge in [0.2, 0.25) is 0 Å². The second-order valence-electron chi connectivity index (χ2n) is 6.44. The molecule has 2 heterocycles. The van der Waals surface area contributed by atoms with Crippen molar-refractivity contribution in [2.45, 2.75) is 51.6 Å². The number of likely N-dealkylation sites (tertiary alicyclic amines) is 1.